The second-order valence-corrected chi connectivity index (χ2v) is 9.44. The number of fused-ring (bicyclic) bond motifs is 2. The summed E-state index contributed by atoms with van der Waals surface area (Å²) in [5.41, 5.74) is 9.69. The van der Waals surface area contributed by atoms with E-state index in [1.54, 1.807) is 6.20 Å². The summed E-state index contributed by atoms with van der Waals surface area (Å²) in [5, 5.41) is 4.84. The number of benzene rings is 1. The third-order valence-electron chi connectivity index (χ3n) is 7.31. The Hall–Kier alpha value is -3.58. The molecule has 5 heterocycles. The van der Waals surface area contributed by atoms with E-state index in [9.17, 15) is 4.79 Å². The van der Waals surface area contributed by atoms with Crippen LogP contribution in [0.1, 0.15) is 57.2 Å². The minimum atomic E-state index is 0.00995. The molecule has 1 fully saturated rings. The minimum absolute atomic E-state index is 0.00995. The first-order valence-corrected chi connectivity index (χ1v) is 12.0. The second kappa shape index (κ2) is 8.33. The van der Waals surface area contributed by atoms with Crippen molar-refractivity contribution in [2.45, 2.75) is 45.7 Å². The lowest BCUT2D eigenvalue weighted by atomic mass is 9.87. The average molecular weight is 453 g/mol. The highest BCUT2D eigenvalue weighted by molar-refractivity contribution is 5.95. The average Bonchev–Trinajstić information content (AvgIpc) is 3.53. The van der Waals surface area contributed by atoms with Crippen LogP contribution in [-0.2, 0) is 13.0 Å². The number of nitrogens with zero attached hydrogens (tertiary/aromatic N) is 4. The molecule has 0 spiro atoms. The number of nitrogens with one attached hydrogen (secondary N) is 2. The molecule has 172 valence electrons. The van der Waals surface area contributed by atoms with E-state index in [1.165, 1.54) is 40.6 Å². The van der Waals surface area contributed by atoms with Crippen LogP contribution in [0.5, 0.6) is 0 Å². The predicted octanol–water partition coefficient (Wildman–Crippen LogP) is 4.26. The molecule has 0 radical (unpaired) electrons. The molecule has 0 aliphatic carbocycles. The highest BCUT2D eigenvalue weighted by Crippen LogP contribution is 2.36. The molecule has 1 aromatic carbocycles. The maximum Gasteiger partial charge on any atom is 0.257 e. The van der Waals surface area contributed by atoms with Crippen molar-refractivity contribution in [2.75, 3.05) is 13.1 Å². The molecule has 1 saturated heterocycles. The Balaban J connectivity index is 1.41. The lowest BCUT2D eigenvalue weighted by Gasteiger charge is -2.32. The summed E-state index contributed by atoms with van der Waals surface area (Å²) in [6.07, 6.45) is 10.2. The maximum atomic E-state index is 13.3. The normalized spacial score (nSPS) is 17.8. The molecule has 6 rings (SSSR count). The van der Waals surface area contributed by atoms with Crippen LogP contribution in [0.2, 0.25) is 0 Å². The van der Waals surface area contributed by atoms with Crippen LogP contribution in [0.4, 0.5) is 0 Å². The first-order chi connectivity index (χ1) is 16.6. The molecule has 7 heteroatoms. The van der Waals surface area contributed by atoms with Crippen LogP contribution < -0.4 is 5.32 Å². The van der Waals surface area contributed by atoms with Gasteiger partial charge in [-0.15, -0.1) is 0 Å². The standard InChI is InChI=1S/C27H28N6O/c1-16-11-30-26-21(16)10-20(12-31-26)19-8-18-5-7-33(27(34)23-13-28-15-32-17(23)2)14-24(18)22(9-19)25-4-3-6-29-25/h8-13,15,25,29H,3-7,14H2,1-2H3,(H,30,31). The van der Waals surface area contributed by atoms with Gasteiger partial charge in [-0.25, -0.2) is 15.0 Å². The fraction of sp³-hybridized carbons (Fsp3) is 0.333. The Labute approximate surface area is 198 Å². The largest absolute Gasteiger partial charge is 0.346 e. The number of rotatable bonds is 3. The number of pyridine rings is 1. The maximum absolute atomic E-state index is 13.3. The van der Waals surface area contributed by atoms with Gasteiger partial charge in [-0.1, -0.05) is 6.07 Å². The first kappa shape index (κ1) is 21.0. The van der Waals surface area contributed by atoms with E-state index < -0.39 is 0 Å². The monoisotopic (exact) mass is 452 g/mol. The Morgan fingerprint density at radius 2 is 2.03 bits per heavy atom. The molecule has 2 N–H and O–H groups in total. The quantitative estimate of drug-likeness (QED) is 0.485. The zero-order valence-electron chi connectivity index (χ0n) is 19.6. The van der Waals surface area contributed by atoms with Crippen LogP contribution >= 0.6 is 0 Å². The summed E-state index contributed by atoms with van der Waals surface area (Å²) >= 11 is 0. The van der Waals surface area contributed by atoms with Gasteiger partial charge in [0.15, 0.2) is 0 Å². The fourth-order valence-electron chi connectivity index (χ4n) is 5.36. The van der Waals surface area contributed by atoms with Crippen molar-refractivity contribution in [1.82, 2.24) is 30.2 Å². The molecule has 2 aliphatic rings. The van der Waals surface area contributed by atoms with Gasteiger partial charge in [0.2, 0.25) is 0 Å². The second-order valence-electron chi connectivity index (χ2n) is 9.44. The van der Waals surface area contributed by atoms with Crippen LogP contribution in [0.25, 0.3) is 22.2 Å². The topological polar surface area (TPSA) is 86.8 Å². The molecule has 1 unspecified atom stereocenters. The van der Waals surface area contributed by atoms with Crippen LogP contribution in [0, 0.1) is 13.8 Å². The van der Waals surface area contributed by atoms with Gasteiger partial charge in [0.25, 0.3) is 5.91 Å². The molecular weight excluding hydrogens is 424 g/mol. The number of aromatic amines is 1. The lowest BCUT2D eigenvalue weighted by Crippen LogP contribution is -2.37. The third-order valence-corrected chi connectivity index (χ3v) is 7.31. The van der Waals surface area contributed by atoms with Crippen LogP contribution in [-0.4, -0.2) is 43.8 Å². The molecule has 0 bridgehead atoms. The van der Waals surface area contributed by atoms with Crippen LogP contribution in [0.3, 0.4) is 0 Å². The van der Waals surface area contributed by atoms with Gasteiger partial charge < -0.3 is 15.2 Å². The van der Waals surface area contributed by atoms with E-state index in [2.05, 4.69) is 50.4 Å². The van der Waals surface area contributed by atoms with Gasteiger partial charge >= 0.3 is 0 Å². The lowest BCUT2D eigenvalue weighted by molar-refractivity contribution is 0.0732. The van der Waals surface area contributed by atoms with E-state index in [0.29, 0.717) is 24.7 Å². The van der Waals surface area contributed by atoms with Crippen molar-refractivity contribution in [1.29, 1.82) is 0 Å². The summed E-state index contributed by atoms with van der Waals surface area (Å²) in [6, 6.07) is 7.17. The number of aromatic nitrogens is 4. The number of hydrogen-bond donors (Lipinski definition) is 2. The van der Waals surface area contributed by atoms with E-state index in [-0.39, 0.29) is 5.91 Å². The van der Waals surface area contributed by atoms with Crippen molar-refractivity contribution >= 4 is 16.9 Å². The number of amides is 1. The van der Waals surface area contributed by atoms with Gasteiger partial charge in [0, 0.05) is 48.7 Å². The Bertz CT molecular complexity index is 1400. The van der Waals surface area contributed by atoms with Gasteiger partial charge in [0.1, 0.15) is 12.0 Å². The van der Waals surface area contributed by atoms with E-state index in [1.807, 2.05) is 24.2 Å². The molecule has 1 atom stereocenters. The summed E-state index contributed by atoms with van der Waals surface area (Å²) in [5.74, 6) is 0.00995. The number of carbonyl (C=O) groups excluding carboxylic acids is 1. The van der Waals surface area contributed by atoms with Gasteiger partial charge in [-0.2, -0.15) is 0 Å². The van der Waals surface area contributed by atoms with Crippen LogP contribution in [0.15, 0.2) is 43.1 Å². The molecule has 1 amide bonds. The highest BCUT2D eigenvalue weighted by Gasteiger charge is 2.29. The SMILES string of the molecule is Cc1ncncc1C(=O)N1CCc2cc(-c3cnc4[nH]cc(C)c4c3)cc(C3CCCN3)c2C1. The van der Waals surface area contributed by atoms with Crippen molar-refractivity contribution in [3.8, 4) is 11.1 Å². The van der Waals surface area contributed by atoms with Gasteiger partial charge in [-0.05, 0) is 79.6 Å². The molecule has 3 aromatic heterocycles. The molecule has 0 saturated carbocycles. The van der Waals surface area contributed by atoms with Crippen molar-refractivity contribution in [2.24, 2.45) is 0 Å². The first-order valence-electron chi connectivity index (χ1n) is 12.0. The van der Waals surface area contributed by atoms with E-state index in [0.717, 1.165) is 41.7 Å². The Morgan fingerprint density at radius 3 is 2.85 bits per heavy atom. The van der Waals surface area contributed by atoms with E-state index in [4.69, 9.17) is 0 Å². The number of H-pyrrole nitrogens is 1. The zero-order valence-corrected chi connectivity index (χ0v) is 19.6. The summed E-state index contributed by atoms with van der Waals surface area (Å²) in [6.45, 7) is 6.31. The molecule has 4 aromatic rings. The number of aryl methyl sites for hydroxylation is 2. The highest BCUT2D eigenvalue weighted by atomic mass is 16.2. The smallest absolute Gasteiger partial charge is 0.257 e. The van der Waals surface area contributed by atoms with Crippen molar-refractivity contribution in [3.05, 3.63) is 76.6 Å². The van der Waals surface area contributed by atoms with Gasteiger partial charge in [0.05, 0.1) is 11.3 Å². The number of carbonyl (C=O) groups is 1. The molecule has 2 aliphatic heterocycles. The number of hydrogen-bond acceptors (Lipinski definition) is 5. The summed E-state index contributed by atoms with van der Waals surface area (Å²) in [4.78, 5) is 31.4. The third kappa shape index (κ3) is 3.56. The van der Waals surface area contributed by atoms with Crippen molar-refractivity contribution < 1.29 is 4.79 Å². The fourth-order valence-corrected chi connectivity index (χ4v) is 5.36. The van der Waals surface area contributed by atoms with Gasteiger partial charge in [-0.3, -0.25) is 4.79 Å². The summed E-state index contributed by atoms with van der Waals surface area (Å²) < 4.78 is 0. The predicted molar refractivity (Wildman–Crippen MR) is 131 cm³/mol. The zero-order chi connectivity index (χ0) is 23.2. The van der Waals surface area contributed by atoms with Crippen molar-refractivity contribution in [3.63, 3.8) is 0 Å². The molecule has 34 heavy (non-hydrogen) atoms. The molecular formula is C27H28N6O. The Kier molecular flexibility index (Phi) is 5.14. The molecule has 7 nitrogen and oxygen atoms in total. The minimum Gasteiger partial charge on any atom is -0.346 e. The summed E-state index contributed by atoms with van der Waals surface area (Å²) in [7, 11) is 0. The Morgan fingerprint density at radius 1 is 1.12 bits per heavy atom. The van der Waals surface area contributed by atoms with E-state index >= 15 is 0 Å².